The molecule has 0 radical (unpaired) electrons. The minimum Gasteiger partial charge on any atom is -0.390 e. The van der Waals surface area contributed by atoms with Gasteiger partial charge in [0.05, 0.1) is 5.60 Å². The number of hydrogen-bond acceptors (Lipinski definition) is 3. The van der Waals surface area contributed by atoms with Crippen LogP contribution in [0.3, 0.4) is 0 Å². The highest BCUT2D eigenvalue weighted by molar-refractivity contribution is 5.09. The summed E-state index contributed by atoms with van der Waals surface area (Å²) in [6.45, 7) is 5.05. The summed E-state index contributed by atoms with van der Waals surface area (Å²) >= 11 is 0. The van der Waals surface area contributed by atoms with Crippen LogP contribution in [-0.2, 0) is 6.42 Å². The van der Waals surface area contributed by atoms with Gasteiger partial charge in [-0.25, -0.2) is 0 Å². The van der Waals surface area contributed by atoms with Crippen LogP contribution < -0.4 is 0 Å². The number of pyridine rings is 1. The van der Waals surface area contributed by atoms with Gasteiger partial charge in [0.25, 0.3) is 0 Å². The first kappa shape index (κ1) is 11.6. The highest BCUT2D eigenvalue weighted by atomic mass is 16.3. The summed E-state index contributed by atoms with van der Waals surface area (Å²) in [7, 11) is 0. The van der Waals surface area contributed by atoms with Crippen LogP contribution in [0.15, 0.2) is 24.5 Å². The van der Waals surface area contributed by atoms with Gasteiger partial charge in [-0.3, -0.25) is 4.98 Å². The molecule has 0 bridgehead atoms. The van der Waals surface area contributed by atoms with E-state index < -0.39 is 5.60 Å². The van der Waals surface area contributed by atoms with Crippen LogP contribution in [0.2, 0.25) is 0 Å². The molecule has 2 heterocycles. The van der Waals surface area contributed by atoms with Gasteiger partial charge < -0.3 is 10.0 Å². The number of piperidine rings is 1. The third kappa shape index (κ3) is 3.29. The molecule has 0 amide bonds. The molecule has 1 aliphatic rings. The van der Waals surface area contributed by atoms with Crippen LogP contribution in [0.1, 0.15) is 25.3 Å². The Morgan fingerprint density at radius 3 is 2.56 bits per heavy atom. The van der Waals surface area contributed by atoms with E-state index in [1.54, 1.807) is 0 Å². The zero-order chi connectivity index (χ0) is 11.4. The number of hydrogen-bond donors (Lipinski definition) is 1. The van der Waals surface area contributed by atoms with E-state index in [2.05, 4.69) is 22.0 Å². The van der Waals surface area contributed by atoms with Crippen molar-refractivity contribution in [3.8, 4) is 0 Å². The van der Waals surface area contributed by atoms with Crippen LogP contribution in [0, 0.1) is 0 Å². The van der Waals surface area contributed by atoms with Gasteiger partial charge in [-0.1, -0.05) is 0 Å². The lowest BCUT2D eigenvalue weighted by molar-refractivity contribution is -0.00491. The fraction of sp³-hybridized carbons (Fsp3) is 0.615. The average molecular weight is 220 g/mol. The minimum absolute atomic E-state index is 0.437. The van der Waals surface area contributed by atoms with E-state index in [0.717, 1.165) is 38.9 Å². The maximum absolute atomic E-state index is 9.84. The number of nitrogens with zero attached hydrogens (tertiary/aromatic N) is 2. The van der Waals surface area contributed by atoms with Crippen LogP contribution in [0.4, 0.5) is 0 Å². The summed E-state index contributed by atoms with van der Waals surface area (Å²) in [5.41, 5.74) is 0.903. The Hall–Kier alpha value is -0.930. The van der Waals surface area contributed by atoms with E-state index in [4.69, 9.17) is 0 Å². The van der Waals surface area contributed by atoms with E-state index >= 15 is 0 Å². The van der Waals surface area contributed by atoms with Gasteiger partial charge in [-0.05, 0) is 43.9 Å². The Kier molecular flexibility index (Phi) is 3.56. The van der Waals surface area contributed by atoms with Crippen molar-refractivity contribution in [2.24, 2.45) is 0 Å². The number of likely N-dealkylation sites (tertiary alicyclic amines) is 1. The average Bonchev–Trinajstić information content (AvgIpc) is 2.29. The molecule has 1 saturated heterocycles. The first-order chi connectivity index (χ1) is 7.66. The van der Waals surface area contributed by atoms with Crippen molar-refractivity contribution >= 4 is 0 Å². The van der Waals surface area contributed by atoms with Crippen LogP contribution in [0.5, 0.6) is 0 Å². The number of aliphatic hydroxyl groups is 1. The Labute approximate surface area is 97.1 Å². The molecule has 88 valence electrons. The molecular weight excluding hydrogens is 200 g/mol. The first-order valence-electron chi connectivity index (χ1n) is 5.99. The van der Waals surface area contributed by atoms with Gasteiger partial charge in [0.15, 0.2) is 0 Å². The summed E-state index contributed by atoms with van der Waals surface area (Å²) in [4.78, 5) is 6.44. The summed E-state index contributed by atoms with van der Waals surface area (Å²) in [6, 6.07) is 4.14. The Balaban J connectivity index is 1.76. The van der Waals surface area contributed by atoms with Crippen molar-refractivity contribution in [2.75, 3.05) is 19.6 Å². The predicted molar refractivity (Wildman–Crippen MR) is 64.2 cm³/mol. The standard InChI is InChI=1S/C13H20N2O/c1-13(16)5-10-15(11-6-13)9-4-12-2-7-14-8-3-12/h2-3,7-8,16H,4-6,9-11H2,1H3. The van der Waals surface area contributed by atoms with Crippen molar-refractivity contribution in [1.82, 2.24) is 9.88 Å². The SMILES string of the molecule is CC1(O)CCN(CCc2ccncc2)CC1. The summed E-state index contributed by atoms with van der Waals surface area (Å²) in [5.74, 6) is 0. The molecule has 0 aromatic carbocycles. The lowest BCUT2D eigenvalue weighted by Gasteiger charge is -2.35. The molecule has 0 spiro atoms. The van der Waals surface area contributed by atoms with Crippen molar-refractivity contribution in [1.29, 1.82) is 0 Å². The molecule has 0 aliphatic carbocycles. The molecule has 3 heteroatoms. The molecule has 3 nitrogen and oxygen atoms in total. The largest absolute Gasteiger partial charge is 0.390 e. The van der Waals surface area contributed by atoms with E-state index in [0.29, 0.717) is 0 Å². The minimum atomic E-state index is -0.437. The monoisotopic (exact) mass is 220 g/mol. The fourth-order valence-electron chi connectivity index (χ4n) is 2.10. The van der Waals surface area contributed by atoms with Gasteiger partial charge in [0, 0.05) is 32.0 Å². The van der Waals surface area contributed by atoms with Crippen molar-refractivity contribution in [3.63, 3.8) is 0 Å². The summed E-state index contributed by atoms with van der Waals surface area (Å²) in [5, 5.41) is 9.84. The second-order valence-corrected chi connectivity index (χ2v) is 4.94. The summed E-state index contributed by atoms with van der Waals surface area (Å²) in [6.07, 6.45) is 6.55. The van der Waals surface area contributed by atoms with E-state index in [1.165, 1.54) is 5.56 Å². The Morgan fingerprint density at radius 1 is 1.31 bits per heavy atom. The molecule has 1 fully saturated rings. The Bertz CT molecular complexity index is 314. The zero-order valence-corrected chi connectivity index (χ0v) is 9.89. The molecule has 2 rings (SSSR count). The van der Waals surface area contributed by atoms with Gasteiger partial charge in [-0.2, -0.15) is 0 Å². The zero-order valence-electron chi connectivity index (χ0n) is 9.89. The number of rotatable bonds is 3. The molecule has 1 aromatic heterocycles. The van der Waals surface area contributed by atoms with Gasteiger partial charge >= 0.3 is 0 Å². The van der Waals surface area contributed by atoms with E-state index in [1.807, 2.05) is 19.3 Å². The van der Waals surface area contributed by atoms with E-state index in [9.17, 15) is 5.11 Å². The molecule has 1 N–H and O–H groups in total. The topological polar surface area (TPSA) is 36.4 Å². The van der Waals surface area contributed by atoms with E-state index in [-0.39, 0.29) is 0 Å². The normalized spacial score (nSPS) is 20.9. The van der Waals surface area contributed by atoms with Crippen LogP contribution in [-0.4, -0.2) is 40.2 Å². The lowest BCUT2D eigenvalue weighted by Crippen LogP contribution is -2.43. The predicted octanol–water partition coefficient (Wildman–Crippen LogP) is 1.47. The van der Waals surface area contributed by atoms with Crippen LogP contribution >= 0.6 is 0 Å². The highest BCUT2D eigenvalue weighted by Crippen LogP contribution is 2.20. The molecule has 0 unspecified atom stereocenters. The lowest BCUT2D eigenvalue weighted by atomic mass is 9.94. The van der Waals surface area contributed by atoms with Crippen molar-refractivity contribution in [3.05, 3.63) is 30.1 Å². The van der Waals surface area contributed by atoms with Gasteiger partial charge in [0.1, 0.15) is 0 Å². The fourth-order valence-corrected chi connectivity index (χ4v) is 2.10. The second-order valence-electron chi connectivity index (χ2n) is 4.94. The molecular formula is C13H20N2O. The van der Waals surface area contributed by atoms with Crippen LogP contribution in [0.25, 0.3) is 0 Å². The quantitative estimate of drug-likeness (QED) is 0.838. The smallest absolute Gasteiger partial charge is 0.0644 e. The third-order valence-corrected chi connectivity index (χ3v) is 3.40. The van der Waals surface area contributed by atoms with Gasteiger partial charge in [-0.15, -0.1) is 0 Å². The van der Waals surface area contributed by atoms with Gasteiger partial charge in [0.2, 0.25) is 0 Å². The number of aromatic nitrogens is 1. The Morgan fingerprint density at radius 2 is 1.94 bits per heavy atom. The highest BCUT2D eigenvalue weighted by Gasteiger charge is 2.26. The van der Waals surface area contributed by atoms with Crippen molar-refractivity contribution < 1.29 is 5.11 Å². The molecule has 1 aliphatic heterocycles. The molecule has 0 atom stereocenters. The van der Waals surface area contributed by atoms with Crippen molar-refractivity contribution in [2.45, 2.75) is 31.8 Å². The first-order valence-corrected chi connectivity index (χ1v) is 5.99. The second kappa shape index (κ2) is 4.93. The maximum Gasteiger partial charge on any atom is 0.0644 e. The maximum atomic E-state index is 9.84. The molecule has 1 aromatic rings. The third-order valence-electron chi connectivity index (χ3n) is 3.40. The summed E-state index contributed by atoms with van der Waals surface area (Å²) < 4.78 is 0. The molecule has 16 heavy (non-hydrogen) atoms. The molecule has 0 saturated carbocycles.